The van der Waals surface area contributed by atoms with Crippen LogP contribution in [0.3, 0.4) is 0 Å². The van der Waals surface area contributed by atoms with Crippen LogP contribution in [0.4, 0.5) is 0 Å². The Labute approximate surface area is 284 Å². The highest BCUT2D eigenvalue weighted by Crippen LogP contribution is 2.61. The van der Waals surface area contributed by atoms with E-state index in [4.69, 9.17) is 19.4 Å². The van der Waals surface area contributed by atoms with Crippen molar-refractivity contribution in [3.63, 3.8) is 0 Å². The molecular weight excluding hydrogens is 601 g/mol. The minimum Gasteiger partial charge on any atom is -0.456 e. The molecule has 2 unspecified atom stereocenters. The van der Waals surface area contributed by atoms with Gasteiger partial charge in [-0.05, 0) is 71.1 Å². The zero-order valence-electron chi connectivity index (χ0n) is 26.9. The zero-order chi connectivity index (χ0) is 32.5. The SMILES string of the molecule is N#Cc1ccc2c(c1)C1C(=CC=CC1c1nc(-c3ccc4ccccc4c3)nc(-c3ccc4c(c3)oc3ccccc34)n1)C21CCCCC1. The number of furan rings is 1. The van der Waals surface area contributed by atoms with Crippen molar-refractivity contribution in [2.24, 2.45) is 0 Å². The van der Waals surface area contributed by atoms with Crippen molar-refractivity contribution < 1.29 is 4.42 Å². The van der Waals surface area contributed by atoms with Crippen LogP contribution >= 0.6 is 0 Å². The Morgan fingerprint density at radius 1 is 0.694 bits per heavy atom. The first-order chi connectivity index (χ1) is 24.2. The van der Waals surface area contributed by atoms with E-state index in [1.807, 2.05) is 24.3 Å². The van der Waals surface area contributed by atoms with Crippen molar-refractivity contribution in [1.82, 2.24) is 15.0 Å². The van der Waals surface area contributed by atoms with Crippen LogP contribution in [0.25, 0.3) is 55.5 Å². The lowest BCUT2D eigenvalue weighted by molar-refractivity contribution is 0.339. The Hall–Kier alpha value is -5.86. The highest BCUT2D eigenvalue weighted by molar-refractivity contribution is 6.05. The molecule has 7 aromatic rings. The molecule has 0 N–H and O–H groups in total. The highest BCUT2D eigenvalue weighted by atomic mass is 16.3. The van der Waals surface area contributed by atoms with Crippen molar-refractivity contribution in [3.8, 4) is 28.8 Å². The minimum absolute atomic E-state index is 0.00138. The molecule has 3 aliphatic carbocycles. The van der Waals surface area contributed by atoms with Gasteiger partial charge in [-0.2, -0.15) is 5.26 Å². The molecule has 5 aromatic carbocycles. The average molecular weight is 633 g/mol. The molecule has 0 bridgehead atoms. The molecule has 0 radical (unpaired) electrons. The quantitative estimate of drug-likeness (QED) is 0.194. The second-order valence-electron chi connectivity index (χ2n) is 13.8. The van der Waals surface area contributed by atoms with Crippen LogP contribution in [0.1, 0.15) is 66.5 Å². The third-order valence-electron chi connectivity index (χ3n) is 11.2. The van der Waals surface area contributed by atoms with Gasteiger partial charge in [-0.15, -0.1) is 0 Å². The molecule has 2 aromatic heterocycles. The molecular formula is C44H32N4O. The number of benzene rings is 5. The van der Waals surface area contributed by atoms with Crippen molar-refractivity contribution in [2.75, 3.05) is 0 Å². The van der Waals surface area contributed by atoms with Gasteiger partial charge in [0.25, 0.3) is 0 Å². The molecule has 49 heavy (non-hydrogen) atoms. The summed E-state index contributed by atoms with van der Waals surface area (Å²) in [5.74, 6) is 1.97. The minimum atomic E-state index is -0.107. The molecule has 0 aliphatic heterocycles. The predicted molar refractivity (Wildman–Crippen MR) is 194 cm³/mol. The standard InChI is InChI=1S/C44H32N4O/c45-26-27-15-20-36-35(23-27)40-34(12-8-13-37(40)44(36)21-6-1-7-22-44)43-47-41(30-17-16-28-9-2-3-10-29(28)24-30)46-42(48-43)31-18-19-33-32-11-4-5-14-38(32)49-39(33)25-31/h2-5,8-20,23-25,34,40H,1,6-7,21-22H2. The van der Waals surface area contributed by atoms with Crippen molar-refractivity contribution >= 4 is 32.7 Å². The molecule has 0 amide bonds. The molecule has 1 fully saturated rings. The Balaban J connectivity index is 1.17. The fourth-order valence-electron chi connectivity index (χ4n) is 8.93. The van der Waals surface area contributed by atoms with E-state index in [0.717, 1.165) is 57.1 Å². The van der Waals surface area contributed by atoms with Crippen LogP contribution in [-0.2, 0) is 5.41 Å². The highest BCUT2D eigenvalue weighted by Gasteiger charge is 2.51. The maximum Gasteiger partial charge on any atom is 0.163 e. The van der Waals surface area contributed by atoms with Gasteiger partial charge in [-0.1, -0.05) is 110 Å². The summed E-state index contributed by atoms with van der Waals surface area (Å²) in [4.78, 5) is 15.7. The van der Waals surface area contributed by atoms with E-state index in [1.165, 1.54) is 41.3 Å². The number of fused-ring (bicyclic) bond motifs is 9. The maximum atomic E-state index is 9.95. The first-order valence-corrected chi connectivity index (χ1v) is 17.3. The summed E-state index contributed by atoms with van der Waals surface area (Å²) in [6.45, 7) is 0. The van der Waals surface area contributed by atoms with E-state index in [-0.39, 0.29) is 17.3 Å². The maximum absolute atomic E-state index is 9.95. The number of aromatic nitrogens is 3. The predicted octanol–water partition coefficient (Wildman–Crippen LogP) is 10.7. The van der Waals surface area contributed by atoms with Crippen LogP contribution in [0.5, 0.6) is 0 Å². The van der Waals surface area contributed by atoms with Gasteiger partial charge in [-0.3, -0.25) is 0 Å². The normalized spacial score (nSPS) is 19.2. The van der Waals surface area contributed by atoms with E-state index in [2.05, 4.69) is 103 Å². The van der Waals surface area contributed by atoms with E-state index < -0.39 is 0 Å². The third-order valence-corrected chi connectivity index (χ3v) is 11.2. The van der Waals surface area contributed by atoms with E-state index in [9.17, 15) is 5.26 Å². The van der Waals surface area contributed by atoms with Gasteiger partial charge in [0.2, 0.25) is 0 Å². The molecule has 10 rings (SSSR count). The summed E-state index contributed by atoms with van der Waals surface area (Å²) in [6.07, 6.45) is 12.8. The number of allylic oxidation sites excluding steroid dienone is 4. The molecule has 3 aliphatic rings. The topological polar surface area (TPSA) is 75.6 Å². The van der Waals surface area contributed by atoms with Gasteiger partial charge in [0.1, 0.15) is 17.0 Å². The smallest absolute Gasteiger partial charge is 0.163 e. The van der Waals surface area contributed by atoms with Crippen molar-refractivity contribution in [3.05, 3.63) is 149 Å². The van der Waals surface area contributed by atoms with Crippen LogP contribution in [0, 0.1) is 11.3 Å². The first kappa shape index (κ1) is 28.2. The van der Waals surface area contributed by atoms with E-state index >= 15 is 0 Å². The lowest BCUT2D eigenvalue weighted by Crippen LogP contribution is -2.30. The number of nitriles is 1. The zero-order valence-corrected chi connectivity index (χ0v) is 26.9. The fraction of sp³-hybridized carbons (Fsp3) is 0.182. The first-order valence-electron chi connectivity index (χ1n) is 17.3. The number of hydrogen-bond acceptors (Lipinski definition) is 5. The van der Waals surface area contributed by atoms with Crippen molar-refractivity contribution in [1.29, 1.82) is 5.26 Å². The lowest BCUT2D eigenvalue weighted by Gasteiger charge is -2.38. The number of nitrogens with zero attached hydrogens (tertiary/aromatic N) is 4. The van der Waals surface area contributed by atoms with Crippen molar-refractivity contribution in [2.45, 2.75) is 49.4 Å². The largest absolute Gasteiger partial charge is 0.456 e. The van der Waals surface area contributed by atoms with Gasteiger partial charge in [0.15, 0.2) is 11.6 Å². The lowest BCUT2D eigenvalue weighted by atomic mass is 9.65. The van der Waals surface area contributed by atoms with Crippen LogP contribution < -0.4 is 0 Å². The Kier molecular flexibility index (Phi) is 6.23. The Morgan fingerprint density at radius 2 is 1.45 bits per heavy atom. The van der Waals surface area contributed by atoms with Crippen LogP contribution in [-0.4, -0.2) is 15.0 Å². The molecule has 2 heterocycles. The van der Waals surface area contributed by atoms with Gasteiger partial charge in [-0.25, -0.2) is 15.0 Å². The van der Waals surface area contributed by atoms with Gasteiger partial charge >= 0.3 is 0 Å². The summed E-state index contributed by atoms with van der Waals surface area (Å²) in [7, 11) is 0. The summed E-state index contributed by atoms with van der Waals surface area (Å²) >= 11 is 0. The van der Waals surface area contributed by atoms with Gasteiger partial charge < -0.3 is 4.42 Å². The van der Waals surface area contributed by atoms with Crippen LogP contribution in [0.2, 0.25) is 0 Å². The molecule has 234 valence electrons. The molecule has 0 saturated heterocycles. The summed E-state index contributed by atoms with van der Waals surface area (Å²) in [5.41, 5.74) is 8.29. The number of hydrogen-bond donors (Lipinski definition) is 0. The molecule has 1 spiro atoms. The second-order valence-corrected chi connectivity index (χ2v) is 13.8. The fourth-order valence-corrected chi connectivity index (χ4v) is 8.93. The summed E-state index contributed by atoms with van der Waals surface area (Å²) in [5, 5.41) is 14.4. The molecule has 5 nitrogen and oxygen atoms in total. The molecule has 1 saturated carbocycles. The molecule has 2 atom stereocenters. The van der Waals surface area contributed by atoms with Gasteiger partial charge in [0.05, 0.1) is 11.6 Å². The number of para-hydroxylation sites is 1. The average Bonchev–Trinajstić information content (AvgIpc) is 3.67. The molecule has 5 heteroatoms. The second kappa shape index (κ2) is 10.8. The third kappa shape index (κ3) is 4.34. The monoisotopic (exact) mass is 632 g/mol. The Morgan fingerprint density at radius 3 is 2.31 bits per heavy atom. The summed E-state index contributed by atoms with van der Waals surface area (Å²) < 4.78 is 6.29. The number of rotatable bonds is 3. The Bertz CT molecular complexity index is 2580. The van der Waals surface area contributed by atoms with E-state index in [0.29, 0.717) is 17.2 Å². The van der Waals surface area contributed by atoms with Gasteiger partial charge in [0, 0.05) is 39.2 Å². The van der Waals surface area contributed by atoms with E-state index in [1.54, 1.807) is 0 Å². The summed E-state index contributed by atoms with van der Waals surface area (Å²) in [6, 6.07) is 38.0. The van der Waals surface area contributed by atoms with Crippen LogP contribution in [0.15, 0.2) is 131 Å².